The molecule has 1 aromatic carbocycles. The molecule has 0 aliphatic carbocycles. The number of likely N-dealkylation sites (tertiary alicyclic amines) is 1. The number of carbonyl (C=O) groups is 1. The van der Waals surface area contributed by atoms with Gasteiger partial charge < -0.3 is 10.4 Å². The van der Waals surface area contributed by atoms with Crippen molar-refractivity contribution in [1.29, 1.82) is 0 Å². The molecule has 4 heteroatoms. The second kappa shape index (κ2) is 6.86. The van der Waals surface area contributed by atoms with Gasteiger partial charge in [-0.2, -0.15) is 0 Å². The SMILES string of the molecule is Cc1cccc(C)c1NC(=O)CN1CCCCC1CO. The topological polar surface area (TPSA) is 52.6 Å². The van der Waals surface area contributed by atoms with Crippen LogP contribution in [-0.4, -0.2) is 41.7 Å². The minimum atomic E-state index is 0.00255. The fourth-order valence-electron chi connectivity index (χ4n) is 2.85. The van der Waals surface area contributed by atoms with E-state index in [2.05, 4.69) is 10.2 Å². The molecule has 110 valence electrons. The first-order chi connectivity index (χ1) is 9.61. The zero-order valence-corrected chi connectivity index (χ0v) is 12.4. The summed E-state index contributed by atoms with van der Waals surface area (Å²) in [6, 6.07) is 6.12. The Morgan fingerprint density at radius 3 is 2.70 bits per heavy atom. The van der Waals surface area contributed by atoms with Gasteiger partial charge in [0.2, 0.25) is 5.91 Å². The molecular formula is C16H24N2O2. The Bertz CT molecular complexity index is 453. The van der Waals surface area contributed by atoms with Crippen molar-refractivity contribution < 1.29 is 9.90 Å². The summed E-state index contributed by atoms with van der Waals surface area (Å²) in [4.78, 5) is 14.3. The molecule has 0 bridgehead atoms. The first-order valence-corrected chi connectivity index (χ1v) is 7.33. The van der Waals surface area contributed by atoms with Crippen LogP contribution >= 0.6 is 0 Å². The molecule has 1 unspecified atom stereocenters. The molecule has 0 saturated carbocycles. The molecule has 1 aromatic rings. The predicted octanol–water partition coefficient (Wildman–Crippen LogP) is 2.09. The average molecular weight is 276 g/mol. The quantitative estimate of drug-likeness (QED) is 0.885. The fraction of sp³-hybridized carbons (Fsp3) is 0.562. The van der Waals surface area contributed by atoms with Crippen LogP contribution < -0.4 is 5.32 Å². The number of anilines is 1. The van der Waals surface area contributed by atoms with Crippen LogP contribution in [0.4, 0.5) is 5.69 Å². The highest BCUT2D eigenvalue weighted by Gasteiger charge is 2.23. The van der Waals surface area contributed by atoms with E-state index in [1.807, 2.05) is 32.0 Å². The van der Waals surface area contributed by atoms with Crippen molar-refractivity contribution in [2.24, 2.45) is 0 Å². The van der Waals surface area contributed by atoms with Crippen LogP contribution in [-0.2, 0) is 4.79 Å². The van der Waals surface area contributed by atoms with Crippen LogP contribution in [0.3, 0.4) is 0 Å². The molecule has 20 heavy (non-hydrogen) atoms. The number of benzene rings is 1. The van der Waals surface area contributed by atoms with Gasteiger partial charge in [-0.15, -0.1) is 0 Å². The zero-order chi connectivity index (χ0) is 14.5. The Morgan fingerprint density at radius 1 is 1.35 bits per heavy atom. The van der Waals surface area contributed by atoms with Crippen molar-refractivity contribution in [2.75, 3.05) is 25.0 Å². The largest absolute Gasteiger partial charge is 0.395 e. The fourth-order valence-corrected chi connectivity index (χ4v) is 2.85. The Labute approximate surface area is 120 Å². The molecule has 1 fully saturated rings. The van der Waals surface area contributed by atoms with Crippen LogP contribution in [0.25, 0.3) is 0 Å². The van der Waals surface area contributed by atoms with Gasteiger partial charge in [-0.25, -0.2) is 0 Å². The van der Waals surface area contributed by atoms with Crippen LogP contribution in [0.2, 0.25) is 0 Å². The van der Waals surface area contributed by atoms with Gasteiger partial charge in [-0.3, -0.25) is 9.69 Å². The summed E-state index contributed by atoms with van der Waals surface area (Å²) in [6.45, 7) is 5.39. The average Bonchev–Trinajstić information content (AvgIpc) is 2.44. The summed E-state index contributed by atoms with van der Waals surface area (Å²) in [5.41, 5.74) is 3.07. The number of rotatable bonds is 4. The highest BCUT2D eigenvalue weighted by atomic mass is 16.3. The number of amides is 1. The van der Waals surface area contributed by atoms with Crippen LogP contribution in [0.15, 0.2) is 18.2 Å². The van der Waals surface area contributed by atoms with Gasteiger partial charge in [0.1, 0.15) is 0 Å². The number of piperidine rings is 1. The van der Waals surface area contributed by atoms with E-state index in [4.69, 9.17) is 0 Å². The molecule has 2 rings (SSSR count). The lowest BCUT2D eigenvalue weighted by molar-refractivity contribution is -0.118. The molecule has 0 aromatic heterocycles. The molecule has 1 atom stereocenters. The molecule has 0 spiro atoms. The zero-order valence-electron chi connectivity index (χ0n) is 12.4. The second-order valence-corrected chi connectivity index (χ2v) is 5.62. The minimum absolute atomic E-state index is 0.00255. The molecule has 1 aliphatic heterocycles. The summed E-state index contributed by atoms with van der Waals surface area (Å²) >= 11 is 0. The van der Waals surface area contributed by atoms with E-state index in [1.165, 1.54) is 0 Å². The maximum atomic E-state index is 12.2. The molecule has 1 aliphatic rings. The molecule has 4 nitrogen and oxygen atoms in total. The van der Waals surface area contributed by atoms with Gasteiger partial charge in [-0.1, -0.05) is 24.6 Å². The third-order valence-electron chi connectivity index (χ3n) is 4.05. The maximum absolute atomic E-state index is 12.2. The summed E-state index contributed by atoms with van der Waals surface area (Å²) < 4.78 is 0. The molecule has 1 saturated heterocycles. The van der Waals surface area contributed by atoms with Crippen molar-refractivity contribution in [3.63, 3.8) is 0 Å². The molecule has 1 amide bonds. The molecule has 0 radical (unpaired) electrons. The molecule has 1 heterocycles. The number of nitrogens with one attached hydrogen (secondary N) is 1. The smallest absolute Gasteiger partial charge is 0.238 e. The first-order valence-electron chi connectivity index (χ1n) is 7.33. The third kappa shape index (κ3) is 3.58. The Kier molecular flexibility index (Phi) is 5.15. The first kappa shape index (κ1) is 15.0. The lowest BCUT2D eigenvalue weighted by Crippen LogP contribution is -2.45. The number of aliphatic hydroxyl groups excluding tert-OH is 1. The van der Waals surface area contributed by atoms with E-state index in [9.17, 15) is 9.90 Å². The summed E-state index contributed by atoms with van der Waals surface area (Å²) in [5.74, 6) is 0.00255. The standard InChI is InChI=1S/C16H24N2O2/c1-12-6-5-7-13(2)16(12)17-15(20)10-18-9-4-3-8-14(18)11-19/h5-7,14,19H,3-4,8-11H2,1-2H3,(H,17,20). The van der Waals surface area contributed by atoms with E-state index in [0.29, 0.717) is 6.54 Å². The molecule has 2 N–H and O–H groups in total. The van der Waals surface area contributed by atoms with Crippen LogP contribution in [0, 0.1) is 13.8 Å². The van der Waals surface area contributed by atoms with Gasteiger partial charge in [0.05, 0.1) is 13.2 Å². The highest BCUT2D eigenvalue weighted by molar-refractivity contribution is 5.93. The normalized spacial score (nSPS) is 19.9. The van der Waals surface area contributed by atoms with Gasteiger partial charge in [0.25, 0.3) is 0 Å². The predicted molar refractivity (Wildman–Crippen MR) is 80.8 cm³/mol. The van der Waals surface area contributed by atoms with Gasteiger partial charge in [-0.05, 0) is 44.4 Å². The van der Waals surface area contributed by atoms with Crippen molar-refractivity contribution in [1.82, 2.24) is 4.90 Å². The van der Waals surface area contributed by atoms with E-state index in [0.717, 1.165) is 42.6 Å². The van der Waals surface area contributed by atoms with Crippen LogP contribution in [0.1, 0.15) is 30.4 Å². The number of aliphatic hydroxyl groups is 1. The van der Waals surface area contributed by atoms with Crippen molar-refractivity contribution >= 4 is 11.6 Å². The van der Waals surface area contributed by atoms with E-state index < -0.39 is 0 Å². The number of aryl methyl sites for hydroxylation is 2. The second-order valence-electron chi connectivity index (χ2n) is 5.62. The summed E-state index contributed by atoms with van der Waals surface area (Å²) in [5, 5.41) is 12.4. The van der Waals surface area contributed by atoms with E-state index >= 15 is 0 Å². The Balaban J connectivity index is 1.98. The Hall–Kier alpha value is -1.39. The number of hydrogen-bond donors (Lipinski definition) is 2. The number of nitrogens with zero attached hydrogens (tertiary/aromatic N) is 1. The highest BCUT2D eigenvalue weighted by Crippen LogP contribution is 2.20. The number of hydrogen-bond acceptors (Lipinski definition) is 3. The lowest BCUT2D eigenvalue weighted by atomic mass is 10.0. The third-order valence-corrected chi connectivity index (χ3v) is 4.05. The lowest BCUT2D eigenvalue weighted by Gasteiger charge is -2.33. The van der Waals surface area contributed by atoms with E-state index in [-0.39, 0.29) is 18.6 Å². The van der Waals surface area contributed by atoms with Gasteiger partial charge in [0.15, 0.2) is 0 Å². The van der Waals surface area contributed by atoms with Crippen molar-refractivity contribution in [3.8, 4) is 0 Å². The van der Waals surface area contributed by atoms with Gasteiger partial charge in [0, 0.05) is 11.7 Å². The summed E-state index contributed by atoms with van der Waals surface area (Å²) in [6.07, 6.45) is 3.22. The monoisotopic (exact) mass is 276 g/mol. The summed E-state index contributed by atoms with van der Waals surface area (Å²) in [7, 11) is 0. The van der Waals surface area contributed by atoms with Crippen LogP contribution in [0.5, 0.6) is 0 Å². The number of carbonyl (C=O) groups excluding carboxylic acids is 1. The molecular weight excluding hydrogens is 252 g/mol. The minimum Gasteiger partial charge on any atom is -0.395 e. The Morgan fingerprint density at radius 2 is 2.05 bits per heavy atom. The van der Waals surface area contributed by atoms with Gasteiger partial charge >= 0.3 is 0 Å². The van der Waals surface area contributed by atoms with Crippen molar-refractivity contribution in [3.05, 3.63) is 29.3 Å². The van der Waals surface area contributed by atoms with E-state index in [1.54, 1.807) is 0 Å². The van der Waals surface area contributed by atoms with Crippen molar-refractivity contribution in [2.45, 2.75) is 39.2 Å². The maximum Gasteiger partial charge on any atom is 0.238 e. The number of para-hydroxylation sites is 1.